The number of benzene rings is 2. The van der Waals surface area contributed by atoms with Gasteiger partial charge < -0.3 is 10.1 Å². The Kier molecular flexibility index (Phi) is 4.93. The average Bonchev–Trinajstić information content (AvgIpc) is 2.91. The van der Waals surface area contributed by atoms with Gasteiger partial charge in [0.1, 0.15) is 11.3 Å². The third-order valence-electron chi connectivity index (χ3n) is 4.73. The molecule has 1 aliphatic heterocycles. The van der Waals surface area contributed by atoms with Crippen molar-refractivity contribution in [3.63, 3.8) is 0 Å². The molecule has 0 unspecified atom stereocenters. The molecule has 1 atom stereocenters. The van der Waals surface area contributed by atoms with Gasteiger partial charge in [-0.2, -0.15) is 5.01 Å². The number of rotatable bonds is 5. The van der Waals surface area contributed by atoms with Gasteiger partial charge in [-0.05, 0) is 43.7 Å². The number of urea groups is 1. The first-order chi connectivity index (χ1) is 13.7. The van der Waals surface area contributed by atoms with Crippen molar-refractivity contribution in [2.24, 2.45) is 0 Å². The first-order valence-corrected chi connectivity index (χ1v) is 8.54. The Morgan fingerprint density at radius 1 is 1.21 bits per heavy atom. The van der Waals surface area contributed by atoms with Gasteiger partial charge in [-0.1, -0.05) is 12.1 Å². The average molecular weight is 398 g/mol. The van der Waals surface area contributed by atoms with Crippen LogP contribution >= 0.6 is 0 Å². The lowest BCUT2D eigenvalue weighted by atomic mass is 9.92. The molecule has 1 heterocycles. The zero-order chi connectivity index (χ0) is 21.3. The monoisotopic (exact) mass is 398 g/mol. The van der Waals surface area contributed by atoms with Crippen molar-refractivity contribution in [3.05, 3.63) is 69.3 Å². The minimum absolute atomic E-state index is 0.0757. The van der Waals surface area contributed by atoms with Crippen LogP contribution in [-0.4, -0.2) is 34.9 Å². The maximum Gasteiger partial charge on any atom is 0.344 e. The molecule has 10 nitrogen and oxygen atoms in total. The molecule has 2 aromatic carbocycles. The molecule has 1 saturated heterocycles. The summed E-state index contributed by atoms with van der Waals surface area (Å²) in [6.07, 6.45) is 0. The number of ether oxygens (including phenoxy) is 1. The summed E-state index contributed by atoms with van der Waals surface area (Å²) in [5.74, 6) is -0.821. The summed E-state index contributed by atoms with van der Waals surface area (Å²) >= 11 is 0. The Balaban J connectivity index is 1.82. The van der Waals surface area contributed by atoms with Crippen LogP contribution in [0.1, 0.15) is 28.4 Å². The maximum absolute atomic E-state index is 12.9. The normalized spacial score (nSPS) is 18.4. The van der Waals surface area contributed by atoms with Crippen LogP contribution in [0.15, 0.2) is 42.5 Å². The molecule has 0 spiro atoms. The van der Waals surface area contributed by atoms with Gasteiger partial charge in [0, 0.05) is 17.2 Å². The third-order valence-corrected chi connectivity index (χ3v) is 4.73. The minimum Gasteiger partial charge on any atom is -0.497 e. The molecule has 1 aliphatic rings. The zero-order valence-corrected chi connectivity index (χ0v) is 15.9. The number of methoxy groups -OCH3 is 1. The van der Waals surface area contributed by atoms with Crippen molar-refractivity contribution >= 4 is 23.5 Å². The first-order valence-electron chi connectivity index (χ1n) is 8.54. The summed E-state index contributed by atoms with van der Waals surface area (Å²) in [5, 5.41) is 14.1. The molecule has 0 aromatic heterocycles. The summed E-state index contributed by atoms with van der Waals surface area (Å²) in [6.45, 7) is 3.01. The van der Waals surface area contributed by atoms with Crippen LogP contribution in [0.3, 0.4) is 0 Å². The molecular weight excluding hydrogens is 380 g/mol. The second kappa shape index (κ2) is 7.23. The highest BCUT2D eigenvalue weighted by Crippen LogP contribution is 2.29. The highest BCUT2D eigenvalue weighted by atomic mass is 16.6. The van der Waals surface area contributed by atoms with Crippen molar-refractivity contribution in [1.82, 2.24) is 15.8 Å². The number of hydrazine groups is 1. The molecule has 1 fully saturated rings. The van der Waals surface area contributed by atoms with Crippen molar-refractivity contribution in [1.29, 1.82) is 0 Å². The number of hydrogen-bond donors (Lipinski definition) is 2. The lowest BCUT2D eigenvalue weighted by Crippen LogP contribution is -2.47. The number of carbonyl (C=O) groups is 3. The van der Waals surface area contributed by atoms with Crippen molar-refractivity contribution in [2.45, 2.75) is 19.4 Å². The fraction of sp³-hybridized carbons (Fsp3) is 0.211. The van der Waals surface area contributed by atoms with E-state index in [1.807, 2.05) is 0 Å². The Labute approximate surface area is 165 Å². The maximum atomic E-state index is 12.9. The topological polar surface area (TPSA) is 131 Å². The lowest BCUT2D eigenvalue weighted by molar-refractivity contribution is -0.385. The van der Waals surface area contributed by atoms with Crippen molar-refractivity contribution in [3.8, 4) is 5.75 Å². The second-order valence-corrected chi connectivity index (χ2v) is 6.62. The Morgan fingerprint density at radius 3 is 2.41 bits per heavy atom. The molecule has 2 N–H and O–H groups in total. The Hall–Kier alpha value is -3.95. The van der Waals surface area contributed by atoms with E-state index < -0.39 is 28.3 Å². The molecule has 0 saturated carbocycles. The highest BCUT2D eigenvalue weighted by Gasteiger charge is 2.50. The van der Waals surface area contributed by atoms with Crippen molar-refractivity contribution in [2.75, 3.05) is 7.11 Å². The highest BCUT2D eigenvalue weighted by molar-refractivity contribution is 6.09. The van der Waals surface area contributed by atoms with E-state index in [0.29, 0.717) is 16.3 Å². The number of amides is 4. The zero-order valence-electron chi connectivity index (χ0n) is 15.9. The molecule has 3 rings (SSSR count). The van der Waals surface area contributed by atoms with Gasteiger partial charge in [0.05, 0.1) is 12.0 Å². The molecule has 10 heteroatoms. The molecule has 0 aliphatic carbocycles. The summed E-state index contributed by atoms with van der Waals surface area (Å²) in [7, 11) is 1.51. The summed E-state index contributed by atoms with van der Waals surface area (Å²) in [6, 6.07) is 9.56. The summed E-state index contributed by atoms with van der Waals surface area (Å²) in [4.78, 5) is 48.0. The predicted molar refractivity (Wildman–Crippen MR) is 101 cm³/mol. The quantitative estimate of drug-likeness (QED) is 0.450. The minimum atomic E-state index is -1.37. The van der Waals surface area contributed by atoms with Gasteiger partial charge in [0.15, 0.2) is 0 Å². The van der Waals surface area contributed by atoms with E-state index in [0.717, 1.165) is 0 Å². The van der Waals surface area contributed by atoms with Gasteiger partial charge >= 0.3 is 6.03 Å². The van der Waals surface area contributed by atoms with Gasteiger partial charge in [0.25, 0.3) is 17.5 Å². The van der Waals surface area contributed by atoms with Gasteiger partial charge in [0.2, 0.25) is 0 Å². The van der Waals surface area contributed by atoms with E-state index in [2.05, 4.69) is 10.7 Å². The number of nitro benzene ring substituents is 1. The smallest absolute Gasteiger partial charge is 0.344 e. The number of imide groups is 1. The third kappa shape index (κ3) is 3.47. The first kappa shape index (κ1) is 19.8. The Morgan fingerprint density at radius 2 is 1.86 bits per heavy atom. The predicted octanol–water partition coefficient (Wildman–Crippen LogP) is 2.02. The summed E-state index contributed by atoms with van der Waals surface area (Å²) < 4.78 is 5.09. The van der Waals surface area contributed by atoms with E-state index in [9.17, 15) is 24.5 Å². The van der Waals surface area contributed by atoms with Crippen LogP contribution < -0.4 is 15.5 Å². The number of aryl methyl sites for hydroxylation is 1. The molecule has 0 radical (unpaired) electrons. The van der Waals surface area contributed by atoms with E-state index in [-0.39, 0.29) is 16.8 Å². The molecule has 150 valence electrons. The fourth-order valence-electron chi connectivity index (χ4n) is 3.03. The van der Waals surface area contributed by atoms with Gasteiger partial charge in [-0.15, -0.1) is 0 Å². The van der Waals surface area contributed by atoms with Gasteiger partial charge in [-0.25, -0.2) is 4.79 Å². The number of nitro groups is 1. The second-order valence-electron chi connectivity index (χ2n) is 6.62. The summed E-state index contributed by atoms with van der Waals surface area (Å²) in [5.41, 5.74) is 1.62. The van der Waals surface area contributed by atoms with Crippen LogP contribution in [0.4, 0.5) is 10.5 Å². The molecule has 0 bridgehead atoms. The number of nitrogens with zero attached hydrogens (tertiary/aromatic N) is 2. The number of hydrogen-bond acceptors (Lipinski definition) is 6. The Bertz CT molecular complexity index is 1020. The van der Waals surface area contributed by atoms with E-state index in [1.54, 1.807) is 24.3 Å². The van der Waals surface area contributed by atoms with E-state index in [4.69, 9.17) is 4.74 Å². The van der Waals surface area contributed by atoms with Crippen LogP contribution in [-0.2, 0) is 10.3 Å². The van der Waals surface area contributed by atoms with Crippen molar-refractivity contribution < 1.29 is 24.0 Å². The van der Waals surface area contributed by atoms with Crippen LogP contribution in [0.5, 0.6) is 5.75 Å². The van der Waals surface area contributed by atoms with Crippen LogP contribution in [0.25, 0.3) is 0 Å². The number of nitrogens with one attached hydrogen (secondary N) is 2. The number of carbonyl (C=O) groups excluding carboxylic acids is 3. The fourth-order valence-corrected chi connectivity index (χ4v) is 3.03. The lowest BCUT2D eigenvalue weighted by Gasteiger charge is -2.22. The van der Waals surface area contributed by atoms with E-state index >= 15 is 0 Å². The van der Waals surface area contributed by atoms with Crippen LogP contribution in [0.2, 0.25) is 0 Å². The molecular formula is C19H18N4O6. The molecule has 29 heavy (non-hydrogen) atoms. The molecule has 4 amide bonds. The molecule has 2 aromatic rings. The van der Waals surface area contributed by atoms with Crippen LogP contribution in [0, 0.1) is 17.0 Å². The standard InChI is InChI=1S/C19H18N4O6/c1-11-10-12(4-9-15(11)23(27)28)16(24)21-22-17(25)19(2,20-18(22)26)13-5-7-14(29-3)8-6-13/h4-10H,1-3H3,(H,20,26)(H,21,24)/t19-/m0/s1. The SMILES string of the molecule is COc1ccc([C@]2(C)NC(=O)N(NC(=O)c3ccc([N+](=O)[O-])c(C)c3)C2=O)cc1. The largest absolute Gasteiger partial charge is 0.497 e. The van der Waals surface area contributed by atoms with Gasteiger partial charge in [-0.3, -0.25) is 25.1 Å². The van der Waals surface area contributed by atoms with E-state index in [1.165, 1.54) is 39.2 Å².